The molecule has 3 rings (SSSR count). The zero-order chi connectivity index (χ0) is 14.1. The Bertz CT molecular complexity index is 655. The molecular weight excluding hydrogens is 257 g/mol. The van der Waals surface area contributed by atoms with Gasteiger partial charge < -0.3 is 9.64 Å². The van der Waals surface area contributed by atoms with Crippen molar-refractivity contribution in [2.45, 2.75) is 13.1 Å². The van der Waals surface area contributed by atoms with E-state index in [-0.39, 0.29) is 5.82 Å². The summed E-state index contributed by atoms with van der Waals surface area (Å²) in [6.07, 6.45) is 1.73. The summed E-state index contributed by atoms with van der Waals surface area (Å²) < 4.78 is 18.2. The molecule has 0 fully saturated rings. The Kier molecular flexibility index (Phi) is 3.10. The van der Waals surface area contributed by atoms with E-state index in [1.54, 1.807) is 25.4 Å². The molecule has 2 heterocycles. The fourth-order valence-electron chi connectivity index (χ4n) is 2.34. The topological polar surface area (TPSA) is 49.2 Å². The molecule has 0 aliphatic carbocycles. The molecule has 1 aromatic carbocycles. The highest BCUT2D eigenvalue weighted by Gasteiger charge is 2.24. The first-order chi connectivity index (χ1) is 9.67. The van der Waals surface area contributed by atoms with Crippen molar-refractivity contribution in [1.29, 1.82) is 5.41 Å². The quantitative estimate of drug-likeness (QED) is 0.933. The van der Waals surface area contributed by atoms with Crippen molar-refractivity contribution < 1.29 is 9.13 Å². The summed E-state index contributed by atoms with van der Waals surface area (Å²) >= 11 is 0. The van der Waals surface area contributed by atoms with Gasteiger partial charge >= 0.3 is 0 Å². The van der Waals surface area contributed by atoms with Crippen LogP contribution in [-0.2, 0) is 13.1 Å². The highest BCUT2D eigenvalue weighted by atomic mass is 19.1. The van der Waals surface area contributed by atoms with Gasteiger partial charge in [0.05, 0.1) is 7.11 Å². The van der Waals surface area contributed by atoms with Gasteiger partial charge in [0, 0.05) is 30.9 Å². The van der Waals surface area contributed by atoms with Crippen LogP contribution in [0.15, 0.2) is 36.5 Å². The van der Waals surface area contributed by atoms with Crippen LogP contribution < -0.4 is 4.74 Å². The first kappa shape index (κ1) is 12.6. The van der Waals surface area contributed by atoms with Crippen molar-refractivity contribution in [2.75, 3.05) is 7.11 Å². The Hall–Kier alpha value is -2.43. The number of pyridine rings is 1. The Morgan fingerprint density at radius 2 is 2.20 bits per heavy atom. The van der Waals surface area contributed by atoms with E-state index in [9.17, 15) is 4.39 Å². The fourth-order valence-corrected chi connectivity index (χ4v) is 2.34. The van der Waals surface area contributed by atoms with E-state index >= 15 is 0 Å². The minimum absolute atomic E-state index is 0.304. The van der Waals surface area contributed by atoms with Gasteiger partial charge in [-0.15, -0.1) is 0 Å². The number of fused-ring (bicyclic) bond motifs is 1. The molecule has 0 saturated carbocycles. The molecule has 20 heavy (non-hydrogen) atoms. The monoisotopic (exact) mass is 271 g/mol. The maximum Gasteiger partial charge on any atom is 0.212 e. The molecule has 5 heteroatoms. The largest absolute Gasteiger partial charge is 0.481 e. The van der Waals surface area contributed by atoms with Gasteiger partial charge in [-0.25, -0.2) is 9.37 Å². The second-order valence-electron chi connectivity index (χ2n) is 4.71. The van der Waals surface area contributed by atoms with E-state index in [1.165, 1.54) is 12.1 Å². The number of methoxy groups -OCH3 is 1. The lowest BCUT2D eigenvalue weighted by atomic mass is 10.1. The predicted octanol–water partition coefficient (Wildman–Crippen LogP) is 2.57. The van der Waals surface area contributed by atoms with Gasteiger partial charge in [-0.1, -0.05) is 12.1 Å². The second kappa shape index (κ2) is 4.92. The molecule has 0 bridgehead atoms. The van der Waals surface area contributed by atoms with Gasteiger partial charge in [-0.05, 0) is 23.3 Å². The van der Waals surface area contributed by atoms with Crippen molar-refractivity contribution >= 4 is 5.84 Å². The highest BCUT2D eigenvalue weighted by molar-refractivity contribution is 6.00. The van der Waals surface area contributed by atoms with E-state index in [0.717, 1.165) is 11.1 Å². The van der Waals surface area contributed by atoms with Crippen LogP contribution in [0.2, 0.25) is 0 Å². The third-order valence-corrected chi connectivity index (χ3v) is 3.38. The molecule has 2 aromatic rings. The minimum Gasteiger partial charge on any atom is -0.481 e. The number of ether oxygens (including phenoxy) is 1. The molecule has 0 spiro atoms. The van der Waals surface area contributed by atoms with Crippen molar-refractivity contribution in [3.63, 3.8) is 0 Å². The second-order valence-corrected chi connectivity index (χ2v) is 4.71. The van der Waals surface area contributed by atoms with Gasteiger partial charge in [0.25, 0.3) is 0 Å². The number of halogens is 1. The molecule has 1 N–H and O–H groups in total. The number of amidine groups is 1. The Labute approximate surface area is 116 Å². The Morgan fingerprint density at radius 1 is 1.35 bits per heavy atom. The summed E-state index contributed by atoms with van der Waals surface area (Å²) in [4.78, 5) is 6.04. The van der Waals surface area contributed by atoms with Crippen LogP contribution in [0.4, 0.5) is 4.39 Å². The van der Waals surface area contributed by atoms with Crippen LogP contribution in [-0.4, -0.2) is 22.8 Å². The van der Waals surface area contributed by atoms with Crippen LogP contribution in [0.3, 0.4) is 0 Å². The van der Waals surface area contributed by atoms with Crippen molar-refractivity contribution in [3.05, 3.63) is 59.0 Å². The Balaban J connectivity index is 1.78. The summed E-state index contributed by atoms with van der Waals surface area (Å²) in [6.45, 7) is 1.20. The number of hydrogen-bond donors (Lipinski definition) is 1. The highest BCUT2D eigenvalue weighted by Crippen LogP contribution is 2.25. The molecule has 0 saturated heterocycles. The average Bonchev–Trinajstić information content (AvgIpc) is 2.76. The normalized spacial score (nSPS) is 13.5. The third kappa shape index (κ3) is 2.22. The van der Waals surface area contributed by atoms with Crippen molar-refractivity contribution in [3.8, 4) is 5.88 Å². The number of aromatic nitrogens is 1. The first-order valence-corrected chi connectivity index (χ1v) is 6.28. The predicted molar refractivity (Wildman–Crippen MR) is 73.3 cm³/mol. The van der Waals surface area contributed by atoms with E-state index < -0.39 is 0 Å². The van der Waals surface area contributed by atoms with Gasteiger partial charge in [-0.2, -0.15) is 0 Å². The SMILES string of the molecule is COc1ccc(CN2Cc3ccc(F)cc3C2=N)cn1. The zero-order valence-electron chi connectivity index (χ0n) is 11.1. The molecule has 1 aromatic heterocycles. The number of nitrogens with one attached hydrogen (secondary N) is 1. The Morgan fingerprint density at radius 3 is 2.90 bits per heavy atom. The van der Waals surface area contributed by atoms with Crippen LogP contribution in [0.1, 0.15) is 16.7 Å². The zero-order valence-corrected chi connectivity index (χ0v) is 11.1. The van der Waals surface area contributed by atoms with Crippen LogP contribution in [0.5, 0.6) is 5.88 Å². The standard InChI is InChI=1S/C15H14FN3O/c1-20-14-5-2-10(7-18-14)8-19-9-11-3-4-12(16)6-13(11)15(19)17/h2-7,17H,8-9H2,1H3. The van der Waals surface area contributed by atoms with Gasteiger partial charge in [0.15, 0.2) is 0 Å². The summed E-state index contributed by atoms with van der Waals surface area (Å²) in [5, 5.41) is 8.13. The van der Waals surface area contributed by atoms with Gasteiger partial charge in [0.1, 0.15) is 11.7 Å². The number of benzene rings is 1. The van der Waals surface area contributed by atoms with E-state index in [0.29, 0.717) is 30.4 Å². The molecule has 0 atom stereocenters. The molecule has 1 aliphatic rings. The molecule has 102 valence electrons. The third-order valence-electron chi connectivity index (χ3n) is 3.38. The van der Waals surface area contributed by atoms with Crippen molar-refractivity contribution in [2.24, 2.45) is 0 Å². The van der Waals surface area contributed by atoms with Crippen LogP contribution in [0, 0.1) is 11.2 Å². The smallest absolute Gasteiger partial charge is 0.212 e. The van der Waals surface area contributed by atoms with Gasteiger partial charge in [0.2, 0.25) is 5.88 Å². The number of hydrogen-bond acceptors (Lipinski definition) is 3. The molecule has 4 nitrogen and oxygen atoms in total. The first-order valence-electron chi connectivity index (χ1n) is 6.28. The molecule has 0 unspecified atom stereocenters. The van der Waals surface area contributed by atoms with E-state index in [4.69, 9.17) is 10.1 Å². The van der Waals surface area contributed by atoms with Crippen molar-refractivity contribution in [1.82, 2.24) is 9.88 Å². The lowest BCUT2D eigenvalue weighted by Crippen LogP contribution is -2.23. The van der Waals surface area contributed by atoms with Crippen LogP contribution in [0.25, 0.3) is 0 Å². The maximum atomic E-state index is 13.2. The average molecular weight is 271 g/mol. The van der Waals surface area contributed by atoms with Crippen LogP contribution >= 0.6 is 0 Å². The molecule has 0 radical (unpaired) electrons. The molecule has 0 amide bonds. The van der Waals surface area contributed by atoms with E-state index in [2.05, 4.69) is 4.98 Å². The summed E-state index contributed by atoms with van der Waals surface area (Å²) in [6, 6.07) is 8.31. The minimum atomic E-state index is -0.304. The van der Waals surface area contributed by atoms with Gasteiger partial charge in [-0.3, -0.25) is 5.41 Å². The summed E-state index contributed by atoms with van der Waals surface area (Å²) in [7, 11) is 1.57. The maximum absolute atomic E-state index is 13.2. The summed E-state index contributed by atoms with van der Waals surface area (Å²) in [5.74, 6) is 0.618. The van der Waals surface area contributed by atoms with E-state index in [1.807, 2.05) is 11.0 Å². The molecule has 1 aliphatic heterocycles. The lowest BCUT2D eigenvalue weighted by molar-refractivity contribution is 0.394. The summed E-state index contributed by atoms with van der Waals surface area (Å²) in [5.41, 5.74) is 2.65. The number of nitrogens with zero attached hydrogens (tertiary/aromatic N) is 2. The fraction of sp³-hybridized carbons (Fsp3) is 0.200. The molecular formula is C15H14FN3O. The number of rotatable bonds is 3. The lowest BCUT2D eigenvalue weighted by Gasteiger charge is -2.17.